The van der Waals surface area contributed by atoms with Crippen molar-refractivity contribution in [3.8, 4) is 0 Å². The van der Waals surface area contributed by atoms with E-state index in [1.807, 2.05) is 6.07 Å². The molecule has 0 saturated carbocycles. The molecule has 1 aromatic rings. The maximum atomic E-state index is 8.89. The molecule has 1 aliphatic heterocycles. The first-order valence-electron chi connectivity index (χ1n) is 6.90. The molecule has 0 atom stereocenters. The monoisotopic (exact) mass is 313 g/mol. The van der Waals surface area contributed by atoms with Gasteiger partial charge in [0.05, 0.1) is 19.3 Å². The van der Waals surface area contributed by atoms with Crippen molar-refractivity contribution in [2.24, 2.45) is 10.9 Å². The van der Waals surface area contributed by atoms with E-state index in [1.54, 1.807) is 12.1 Å². The van der Waals surface area contributed by atoms with Crippen LogP contribution >= 0.6 is 11.6 Å². The van der Waals surface area contributed by atoms with Crippen molar-refractivity contribution in [1.29, 1.82) is 0 Å². The normalized spacial score (nSPS) is 17.2. The van der Waals surface area contributed by atoms with Gasteiger partial charge < -0.3 is 25.7 Å². The number of ether oxygens (including phenoxy) is 1. The first-order valence-corrected chi connectivity index (χ1v) is 7.28. The fourth-order valence-corrected chi connectivity index (χ4v) is 2.69. The van der Waals surface area contributed by atoms with Gasteiger partial charge in [-0.2, -0.15) is 0 Å². The van der Waals surface area contributed by atoms with Crippen LogP contribution in [0, 0.1) is 0 Å². The van der Waals surface area contributed by atoms with Crippen molar-refractivity contribution >= 4 is 23.1 Å². The van der Waals surface area contributed by atoms with Crippen molar-refractivity contribution in [1.82, 2.24) is 0 Å². The molecule has 1 saturated heterocycles. The van der Waals surface area contributed by atoms with Gasteiger partial charge in [-0.15, -0.1) is 0 Å². The first kappa shape index (κ1) is 15.9. The summed E-state index contributed by atoms with van der Waals surface area (Å²) in [4.78, 5) is 2.15. The molecular formula is C14H20ClN3O3. The van der Waals surface area contributed by atoms with Gasteiger partial charge in [0.1, 0.15) is 0 Å². The number of amidine groups is 1. The molecule has 1 fully saturated rings. The molecule has 4 N–H and O–H groups in total. The average Bonchev–Trinajstić information content (AvgIpc) is 2.52. The number of nitrogens with zero attached hydrogens (tertiary/aromatic N) is 2. The molecule has 0 aromatic heterocycles. The van der Waals surface area contributed by atoms with Crippen LogP contribution in [0.1, 0.15) is 18.4 Å². The number of piperidine rings is 1. The van der Waals surface area contributed by atoms with E-state index >= 15 is 0 Å². The highest BCUT2D eigenvalue weighted by Gasteiger charge is 2.22. The Kier molecular flexibility index (Phi) is 5.67. The Morgan fingerprint density at radius 1 is 1.43 bits per heavy atom. The minimum atomic E-state index is 0.0438. The highest BCUT2D eigenvalue weighted by molar-refractivity contribution is 6.31. The molecule has 6 nitrogen and oxygen atoms in total. The lowest BCUT2D eigenvalue weighted by Crippen LogP contribution is -2.38. The zero-order chi connectivity index (χ0) is 15.2. The summed E-state index contributed by atoms with van der Waals surface area (Å²) >= 11 is 6.06. The lowest BCUT2D eigenvalue weighted by atomic mass is 10.0. The second-order valence-electron chi connectivity index (χ2n) is 4.93. The van der Waals surface area contributed by atoms with Crippen LogP contribution in [0.3, 0.4) is 0 Å². The molecule has 0 unspecified atom stereocenters. The summed E-state index contributed by atoms with van der Waals surface area (Å²) in [5, 5.41) is 21.3. The Morgan fingerprint density at radius 3 is 2.76 bits per heavy atom. The number of hydrogen-bond donors (Lipinski definition) is 3. The Bertz CT molecular complexity index is 502. The molecule has 1 aliphatic rings. The molecule has 0 radical (unpaired) electrons. The van der Waals surface area contributed by atoms with E-state index in [0.717, 1.165) is 31.6 Å². The number of oxime groups is 1. The van der Waals surface area contributed by atoms with E-state index in [4.69, 9.17) is 32.4 Å². The standard InChI is InChI=1S/C14H20ClN3O3/c15-10-1-2-12(14(16)17-20)13(9-10)18-5-3-11(4-6-18)21-8-7-19/h1-2,9,11,19-20H,3-8H2,(H2,16,17). The van der Waals surface area contributed by atoms with Crippen molar-refractivity contribution in [3.63, 3.8) is 0 Å². The van der Waals surface area contributed by atoms with Gasteiger partial charge in [0.2, 0.25) is 0 Å². The number of aliphatic hydroxyl groups excluding tert-OH is 1. The number of rotatable bonds is 5. The van der Waals surface area contributed by atoms with Crippen LogP contribution in [-0.2, 0) is 4.74 Å². The summed E-state index contributed by atoms with van der Waals surface area (Å²) in [6.45, 7) is 2.00. The van der Waals surface area contributed by atoms with E-state index < -0.39 is 0 Å². The second-order valence-corrected chi connectivity index (χ2v) is 5.36. The van der Waals surface area contributed by atoms with Crippen LogP contribution in [-0.4, -0.2) is 48.6 Å². The van der Waals surface area contributed by atoms with Gasteiger partial charge in [-0.3, -0.25) is 0 Å². The van der Waals surface area contributed by atoms with Gasteiger partial charge in [-0.05, 0) is 31.0 Å². The third-order valence-corrected chi connectivity index (χ3v) is 3.81. The third kappa shape index (κ3) is 4.00. The Hall–Kier alpha value is -1.50. The zero-order valence-electron chi connectivity index (χ0n) is 11.7. The summed E-state index contributed by atoms with van der Waals surface area (Å²) in [6.07, 6.45) is 1.89. The summed E-state index contributed by atoms with van der Waals surface area (Å²) in [5.74, 6) is 0.0697. The molecule has 21 heavy (non-hydrogen) atoms. The highest BCUT2D eigenvalue weighted by Crippen LogP contribution is 2.28. The number of aliphatic hydroxyl groups is 1. The maximum Gasteiger partial charge on any atom is 0.172 e. The first-order chi connectivity index (χ1) is 10.2. The number of nitrogens with two attached hydrogens (primary N) is 1. The van der Waals surface area contributed by atoms with Gasteiger partial charge in [0.15, 0.2) is 5.84 Å². The number of benzene rings is 1. The number of hydrogen-bond acceptors (Lipinski definition) is 5. The summed E-state index contributed by atoms with van der Waals surface area (Å²) in [5.41, 5.74) is 7.25. The van der Waals surface area contributed by atoms with Crippen molar-refractivity contribution in [2.75, 3.05) is 31.2 Å². The fraction of sp³-hybridized carbons (Fsp3) is 0.500. The quantitative estimate of drug-likeness (QED) is 0.331. The van der Waals surface area contributed by atoms with E-state index in [0.29, 0.717) is 17.2 Å². The van der Waals surface area contributed by atoms with Crippen molar-refractivity contribution in [3.05, 3.63) is 28.8 Å². The topological polar surface area (TPSA) is 91.3 Å². The fourth-order valence-electron chi connectivity index (χ4n) is 2.52. The lowest BCUT2D eigenvalue weighted by molar-refractivity contribution is 0.0159. The Morgan fingerprint density at radius 2 is 2.14 bits per heavy atom. The summed E-state index contributed by atoms with van der Waals surface area (Å²) in [6, 6.07) is 5.29. The van der Waals surface area contributed by atoms with Gasteiger partial charge in [-0.1, -0.05) is 16.8 Å². The van der Waals surface area contributed by atoms with E-state index in [2.05, 4.69) is 10.1 Å². The van der Waals surface area contributed by atoms with E-state index in [1.165, 1.54) is 0 Å². The van der Waals surface area contributed by atoms with Crippen LogP contribution in [0.5, 0.6) is 0 Å². The Balaban J connectivity index is 2.11. The molecule has 1 heterocycles. The van der Waals surface area contributed by atoms with Crippen molar-refractivity contribution < 1.29 is 15.1 Å². The molecule has 116 valence electrons. The molecule has 0 bridgehead atoms. The SMILES string of the molecule is N/C(=N/O)c1ccc(Cl)cc1N1CCC(OCCO)CC1. The predicted molar refractivity (Wildman–Crippen MR) is 82.2 cm³/mol. The summed E-state index contributed by atoms with van der Waals surface area (Å²) in [7, 11) is 0. The average molecular weight is 314 g/mol. The van der Waals surface area contributed by atoms with Gasteiger partial charge >= 0.3 is 0 Å². The van der Waals surface area contributed by atoms with Crippen LogP contribution in [0.2, 0.25) is 5.02 Å². The number of halogens is 1. The van der Waals surface area contributed by atoms with Crippen molar-refractivity contribution in [2.45, 2.75) is 18.9 Å². The van der Waals surface area contributed by atoms with E-state index in [-0.39, 0.29) is 18.5 Å². The van der Waals surface area contributed by atoms with Gasteiger partial charge in [0.25, 0.3) is 0 Å². The number of anilines is 1. The maximum absolute atomic E-state index is 8.89. The lowest BCUT2D eigenvalue weighted by Gasteiger charge is -2.34. The molecular weight excluding hydrogens is 294 g/mol. The second kappa shape index (κ2) is 7.49. The smallest absolute Gasteiger partial charge is 0.172 e. The highest BCUT2D eigenvalue weighted by atomic mass is 35.5. The van der Waals surface area contributed by atoms with Crippen LogP contribution < -0.4 is 10.6 Å². The molecule has 0 amide bonds. The zero-order valence-corrected chi connectivity index (χ0v) is 12.5. The summed E-state index contributed by atoms with van der Waals surface area (Å²) < 4.78 is 5.55. The van der Waals surface area contributed by atoms with E-state index in [9.17, 15) is 0 Å². The molecule has 0 spiro atoms. The molecule has 7 heteroatoms. The van der Waals surface area contributed by atoms with Gasteiger partial charge in [-0.25, -0.2) is 0 Å². The minimum absolute atomic E-state index is 0.0438. The Labute approximate surface area is 128 Å². The predicted octanol–water partition coefficient (Wildman–Crippen LogP) is 1.41. The van der Waals surface area contributed by atoms with Gasteiger partial charge in [0, 0.05) is 29.4 Å². The van der Waals surface area contributed by atoms with Crippen LogP contribution in [0.4, 0.5) is 5.69 Å². The molecule has 2 rings (SSSR count). The largest absolute Gasteiger partial charge is 0.409 e. The molecule has 0 aliphatic carbocycles. The molecule has 1 aromatic carbocycles. The minimum Gasteiger partial charge on any atom is -0.409 e. The van der Waals surface area contributed by atoms with Crippen LogP contribution in [0.15, 0.2) is 23.4 Å². The van der Waals surface area contributed by atoms with Crippen LogP contribution in [0.25, 0.3) is 0 Å². The third-order valence-electron chi connectivity index (χ3n) is 3.57.